The molecule has 0 spiro atoms. The quantitative estimate of drug-likeness (QED) is 0.572. The molecule has 28 heavy (non-hydrogen) atoms. The Morgan fingerprint density at radius 3 is 2.50 bits per heavy atom. The zero-order valence-corrected chi connectivity index (χ0v) is 16.9. The minimum absolute atomic E-state index is 0.0504. The second-order valence-electron chi connectivity index (χ2n) is 6.18. The number of amides is 1. The molecule has 0 saturated carbocycles. The fourth-order valence-electron chi connectivity index (χ4n) is 3.07. The smallest absolute Gasteiger partial charge is 0.228 e. The molecule has 0 atom stereocenters. The predicted octanol–water partition coefficient (Wildman–Crippen LogP) is 4.45. The number of hydrogen-bond acceptors (Lipinski definition) is 4. The van der Waals surface area contributed by atoms with E-state index in [4.69, 9.17) is 17.0 Å². The van der Waals surface area contributed by atoms with Crippen molar-refractivity contribution < 1.29 is 9.53 Å². The van der Waals surface area contributed by atoms with Crippen LogP contribution in [0.1, 0.15) is 20.3 Å². The average Bonchev–Trinajstić information content (AvgIpc) is 3.09. The van der Waals surface area contributed by atoms with Gasteiger partial charge in [-0.2, -0.15) is 5.10 Å². The molecule has 0 aliphatic carbocycles. The maximum Gasteiger partial charge on any atom is 0.228 e. The monoisotopic (exact) mass is 396 g/mol. The lowest BCUT2D eigenvalue weighted by atomic mass is 10.2. The van der Waals surface area contributed by atoms with Gasteiger partial charge in [-0.3, -0.25) is 14.5 Å². The Bertz CT molecular complexity index is 964. The highest BCUT2D eigenvalue weighted by molar-refractivity contribution is 7.71. The van der Waals surface area contributed by atoms with Crippen molar-refractivity contribution in [3.05, 3.63) is 59.4 Å². The maximum atomic E-state index is 12.8. The van der Waals surface area contributed by atoms with E-state index in [1.165, 1.54) is 0 Å². The molecule has 6 nitrogen and oxygen atoms in total. The highest BCUT2D eigenvalue weighted by Gasteiger charge is 2.16. The summed E-state index contributed by atoms with van der Waals surface area (Å²) in [4.78, 5) is 14.6. The van der Waals surface area contributed by atoms with E-state index in [1.54, 1.807) is 4.90 Å². The molecule has 0 bridgehead atoms. The molecular weight excluding hydrogens is 372 g/mol. The molecule has 1 heterocycles. The van der Waals surface area contributed by atoms with E-state index in [0.717, 1.165) is 17.0 Å². The maximum absolute atomic E-state index is 12.8. The van der Waals surface area contributed by atoms with Crippen molar-refractivity contribution >= 4 is 23.8 Å². The molecule has 0 radical (unpaired) electrons. The summed E-state index contributed by atoms with van der Waals surface area (Å²) in [6.45, 7) is 5.62. The van der Waals surface area contributed by atoms with Crippen LogP contribution >= 0.6 is 12.2 Å². The summed E-state index contributed by atoms with van der Waals surface area (Å²) in [5, 5.41) is 7.18. The van der Waals surface area contributed by atoms with E-state index >= 15 is 0 Å². The van der Waals surface area contributed by atoms with Crippen LogP contribution in [0.15, 0.2) is 54.6 Å². The van der Waals surface area contributed by atoms with E-state index < -0.39 is 0 Å². The lowest BCUT2D eigenvalue weighted by molar-refractivity contribution is -0.118. The normalized spacial score (nSPS) is 10.6. The van der Waals surface area contributed by atoms with Crippen LogP contribution in [0.4, 0.5) is 5.69 Å². The highest BCUT2D eigenvalue weighted by atomic mass is 32.1. The number of nitrogens with zero attached hydrogens (tertiary/aromatic N) is 3. The third kappa shape index (κ3) is 4.48. The minimum atomic E-state index is 0.0504. The second kappa shape index (κ2) is 9.32. The number of carbonyl (C=O) groups is 1. The molecular formula is C21H24N4O2S. The molecule has 0 aliphatic rings. The van der Waals surface area contributed by atoms with Crippen LogP contribution in [0.3, 0.4) is 0 Å². The highest BCUT2D eigenvalue weighted by Crippen LogP contribution is 2.22. The fraction of sp³-hybridized carbons (Fsp3) is 0.286. The van der Waals surface area contributed by atoms with Crippen molar-refractivity contribution in [1.29, 1.82) is 0 Å². The van der Waals surface area contributed by atoms with Gasteiger partial charge in [0.1, 0.15) is 5.75 Å². The zero-order valence-electron chi connectivity index (χ0n) is 16.1. The Morgan fingerprint density at radius 1 is 1.14 bits per heavy atom. The molecule has 0 fully saturated rings. The van der Waals surface area contributed by atoms with Gasteiger partial charge < -0.3 is 9.64 Å². The molecule has 2 aromatic carbocycles. The topological polar surface area (TPSA) is 63.1 Å². The summed E-state index contributed by atoms with van der Waals surface area (Å²) in [7, 11) is 0. The number of hydrogen-bond donors (Lipinski definition) is 1. The minimum Gasteiger partial charge on any atom is -0.494 e. The molecule has 0 saturated heterocycles. The number of aromatic amines is 1. The van der Waals surface area contributed by atoms with Gasteiger partial charge in [-0.05, 0) is 62.5 Å². The van der Waals surface area contributed by atoms with Gasteiger partial charge in [0.15, 0.2) is 10.6 Å². The number of para-hydroxylation sites is 1. The van der Waals surface area contributed by atoms with E-state index in [1.807, 2.05) is 73.0 Å². The van der Waals surface area contributed by atoms with Gasteiger partial charge in [0, 0.05) is 30.8 Å². The number of carbonyl (C=O) groups excluding carboxylic acids is 1. The van der Waals surface area contributed by atoms with Crippen molar-refractivity contribution in [2.75, 3.05) is 18.1 Å². The summed E-state index contributed by atoms with van der Waals surface area (Å²) >= 11 is 5.38. The number of aromatic nitrogens is 3. The number of rotatable bonds is 8. The van der Waals surface area contributed by atoms with Gasteiger partial charge in [0.2, 0.25) is 5.91 Å². The molecule has 146 valence electrons. The van der Waals surface area contributed by atoms with Crippen LogP contribution in [-0.4, -0.2) is 33.8 Å². The lowest BCUT2D eigenvalue weighted by Crippen LogP contribution is -2.31. The van der Waals surface area contributed by atoms with Crippen molar-refractivity contribution in [2.24, 2.45) is 0 Å². The van der Waals surface area contributed by atoms with Gasteiger partial charge in [-0.15, -0.1) is 0 Å². The third-order valence-corrected chi connectivity index (χ3v) is 4.73. The molecule has 0 aliphatic heterocycles. The van der Waals surface area contributed by atoms with Crippen LogP contribution in [0, 0.1) is 4.77 Å². The predicted molar refractivity (Wildman–Crippen MR) is 113 cm³/mol. The third-order valence-electron chi connectivity index (χ3n) is 4.42. The van der Waals surface area contributed by atoms with E-state index in [-0.39, 0.29) is 5.91 Å². The van der Waals surface area contributed by atoms with Crippen molar-refractivity contribution in [3.63, 3.8) is 0 Å². The van der Waals surface area contributed by atoms with Crippen molar-refractivity contribution in [1.82, 2.24) is 14.8 Å². The van der Waals surface area contributed by atoms with E-state index in [9.17, 15) is 4.79 Å². The van der Waals surface area contributed by atoms with Crippen LogP contribution < -0.4 is 9.64 Å². The first-order valence-corrected chi connectivity index (χ1v) is 9.78. The first-order chi connectivity index (χ1) is 13.6. The Labute approximate surface area is 169 Å². The van der Waals surface area contributed by atoms with Crippen LogP contribution in [0.25, 0.3) is 11.4 Å². The number of anilines is 1. The van der Waals surface area contributed by atoms with E-state index in [2.05, 4.69) is 10.2 Å². The molecule has 1 amide bonds. The summed E-state index contributed by atoms with van der Waals surface area (Å²) in [5.74, 6) is 1.57. The molecule has 1 N–H and O–H groups in total. The van der Waals surface area contributed by atoms with Gasteiger partial charge in [-0.1, -0.05) is 18.2 Å². The molecule has 3 rings (SSSR count). The van der Waals surface area contributed by atoms with Crippen LogP contribution in [-0.2, 0) is 11.3 Å². The van der Waals surface area contributed by atoms with Gasteiger partial charge in [0.25, 0.3) is 0 Å². The number of ether oxygens (including phenoxy) is 1. The lowest BCUT2D eigenvalue weighted by Gasteiger charge is -2.21. The Balaban J connectivity index is 1.75. The Hall–Kier alpha value is -2.93. The standard InChI is InChI=1S/C21H24N4O2S/c1-3-24(17-8-6-5-7-9-17)19(26)14-15-25-20(22-23-21(25)28)16-10-12-18(13-11-16)27-4-2/h5-13H,3-4,14-15H2,1-2H3,(H,23,28). The molecule has 3 aromatic rings. The Kier molecular flexibility index (Phi) is 6.60. The molecule has 7 heteroatoms. The summed E-state index contributed by atoms with van der Waals surface area (Å²) in [6, 6.07) is 17.4. The van der Waals surface area contributed by atoms with E-state index in [0.29, 0.717) is 36.7 Å². The fourth-order valence-corrected chi connectivity index (χ4v) is 3.29. The SMILES string of the molecule is CCOc1ccc(-c2n[nH]c(=S)n2CCC(=O)N(CC)c2ccccc2)cc1. The average molecular weight is 397 g/mol. The number of benzene rings is 2. The van der Waals surface area contributed by atoms with Gasteiger partial charge in [-0.25, -0.2) is 0 Å². The summed E-state index contributed by atoms with van der Waals surface area (Å²) < 4.78 is 7.85. The zero-order chi connectivity index (χ0) is 19.9. The largest absolute Gasteiger partial charge is 0.494 e. The molecule has 0 unspecified atom stereocenters. The first kappa shape index (κ1) is 19.8. The van der Waals surface area contributed by atoms with Crippen LogP contribution in [0.5, 0.6) is 5.75 Å². The van der Waals surface area contributed by atoms with Crippen LogP contribution in [0.2, 0.25) is 0 Å². The van der Waals surface area contributed by atoms with Gasteiger partial charge >= 0.3 is 0 Å². The number of H-pyrrole nitrogens is 1. The summed E-state index contributed by atoms with van der Waals surface area (Å²) in [5.41, 5.74) is 1.82. The Morgan fingerprint density at radius 2 is 1.86 bits per heavy atom. The number of nitrogens with one attached hydrogen (secondary N) is 1. The van der Waals surface area contributed by atoms with Gasteiger partial charge in [0.05, 0.1) is 6.61 Å². The van der Waals surface area contributed by atoms with Crippen molar-refractivity contribution in [2.45, 2.75) is 26.8 Å². The second-order valence-corrected chi connectivity index (χ2v) is 6.57. The summed E-state index contributed by atoms with van der Waals surface area (Å²) in [6.07, 6.45) is 0.334. The first-order valence-electron chi connectivity index (χ1n) is 9.37. The molecule has 1 aromatic heterocycles. The van der Waals surface area contributed by atoms with Crippen molar-refractivity contribution in [3.8, 4) is 17.1 Å².